The molecule has 0 amide bonds. The third-order valence-electron chi connectivity index (χ3n) is 5.65. The second kappa shape index (κ2) is 9.62. The quantitative estimate of drug-likeness (QED) is 0.202. The van der Waals surface area contributed by atoms with E-state index in [1.54, 1.807) is 0 Å². The summed E-state index contributed by atoms with van der Waals surface area (Å²) in [5.74, 6) is 0. The van der Waals surface area contributed by atoms with E-state index in [1.165, 1.54) is 0 Å². The molecule has 0 saturated heterocycles. The van der Waals surface area contributed by atoms with E-state index in [0.29, 0.717) is 6.42 Å². The summed E-state index contributed by atoms with van der Waals surface area (Å²) in [5, 5.41) is 0.239. The fraction of sp³-hybridized carbons (Fsp3) is 0.842. The van der Waals surface area contributed by atoms with Crippen LogP contribution in [-0.2, 0) is 13.6 Å². The fourth-order valence-electron chi connectivity index (χ4n) is 1.93. The van der Waals surface area contributed by atoms with Crippen LogP contribution in [0.5, 0.6) is 0 Å². The molecule has 0 aromatic rings. The lowest BCUT2D eigenvalue weighted by molar-refractivity contribution is -0.115. The number of hydrogen-bond donors (Lipinski definition) is 0. The molecule has 0 bridgehead atoms. The van der Waals surface area contributed by atoms with Crippen LogP contribution in [-0.4, -0.2) is 35.1 Å². The van der Waals surface area contributed by atoms with E-state index in [1.807, 2.05) is 4.08 Å². The number of carbonyl (C=O) groups is 1. The van der Waals surface area contributed by atoms with Crippen molar-refractivity contribution in [3.8, 4) is 0 Å². The van der Waals surface area contributed by atoms with Crippen molar-refractivity contribution in [3.63, 3.8) is 0 Å². The van der Waals surface area contributed by atoms with Crippen LogP contribution in [0.25, 0.3) is 0 Å². The van der Waals surface area contributed by atoms with Crippen molar-refractivity contribution in [2.45, 2.75) is 103 Å². The van der Waals surface area contributed by atoms with Gasteiger partial charge in [-0.25, -0.2) is 0 Å². The lowest BCUT2D eigenvalue weighted by Gasteiger charge is -2.41. The van der Waals surface area contributed by atoms with Crippen LogP contribution in [0.3, 0.4) is 0 Å². The standard InChI is InChI=1S/C19H39IO3Si2/c1-18(2,3)24(7,8)22-16(12-11-13-20)14-17(15-21)23-25(9,10)19(4,5)6/h11,13,15-17H,12,14H2,1-10H3/b13-11+/t16-,17-/m1/s1. The van der Waals surface area contributed by atoms with Gasteiger partial charge < -0.3 is 13.6 Å². The molecule has 6 heteroatoms. The molecule has 0 saturated carbocycles. The van der Waals surface area contributed by atoms with E-state index in [2.05, 4.69) is 96.4 Å². The van der Waals surface area contributed by atoms with Gasteiger partial charge in [-0.15, -0.1) is 0 Å². The number of carbonyl (C=O) groups excluding carboxylic acids is 1. The highest BCUT2D eigenvalue weighted by Gasteiger charge is 2.41. The summed E-state index contributed by atoms with van der Waals surface area (Å²) in [6, 6.07) is 0. The van der Waals surface area contributed by atoms with E-state index in [4.69, 9.17) is 8.85 Å². The van der Waals surface area contributed by atoms with Gasteiger partial charge in [0, 0.05) is 6.42 Å². The number of aldehydes is 1. The highest BCUT2D eigenvalue weighted by atomic mass is 127. The molecule has 0 spiro atoms. The highest BCUT2D eigenvalue weighted by molar-refractivity contribution is 14.1. The first-order valence-corrected chi connectivity index (χ1v) is 16.2. The van der Waals surface area contributed by atoms with Gasteiger partial charge in [-0.2, -0.15) is 0 Å². The molecule has 0 heterocycles. The van der Waals surface area contributed by atoms with Gasteiger partial charge in [0.2, 0.25) is 0 Å². The molecular formula is C19H39IO3Si2. The van der Waals surface area contributed by atoms with Crippen LogP contribution < -0.4 is 0 Å². The Morgan fingerprint density at radius 3 is 1.72 bits per heavy atom. The monoisotopic (exact) mass is 498 g/mol. The summed E-state index contributed by atoms with van der Waals surface area (Å²) in [6.45, 7) is 22.2. The number of hydrogen-bond acceptors (Lipinski definition) is 3. The summed E-state index contributed by atoms with van der Waals surface area (Å²) in [4.78, 5) is 11.7. The third-order valence-corrected chi connectivity index (χ3v) is 15.2. The van der Waals surface area contributed by atoms with E-state index >= 15 is 0 Å². The average molecular weight is 499 g/mol. The predicted molar refractivity (Wildman–Crippen MR) is 123 cm³/mol. The van der Waals surface area contributed by atoms with Gasteiger partial charge in [-0.1, -0.05) is 70.2 Å². The second-order valence-electron chi connectivity index (χ2n) is 9.89. The Hall–Kier alpha value is 0.494. The first kappa shape index (κ1) is 25.5. The molecule has 0 aromatic carbocycles. The summed E-state index contributed by atoms with van der Waals surface area (Å²) in [6.07, 6.45) is 4.16. The molecule has 0 radical (unpaired) electrons. The van der Waals surface area contributed by atoms with Crippen molar-refractivity contribution in [2.75, 3.05) is 0 Å². The summed E-state index contributed by atoms with van der Waals surface area (Å²) >= 11 is 2.23. The first-order chi connectivity index (χ1) is 11.1. The van der Waals surface area contributed by atoms with Crippen LogP contribution in [0.15, 0.2) is 10.2 Å². The van der Waals surface area contributed by atoms with Gasteiger partial charge in [-0.05, 0) is 46.8 Å². The van der Waals surface area contributed by atoms with Crippen LogP contribution in [0.1, 0.15) is 54.4 Å². The molecular weight excluding hydrogens is 459 g/mol. The zero-order chi connectivity index (χ0) is 20.1. The highest BCUT2D eigenvalue weighted by Crippen LogP contribution is 2.40. The van der Waals surface area contributed by atoms with E-state index in [9.17, 15) is 4.79 Å². The van der Waals surface area contributed by atoms with E-state index < -0.39 is 22.7 Å². The molecule has 0 rings (SSSR count). The maximum Gasteiger partial charge on any atom is 0.193 e. The van der Waals surface area contributed by atoms with Gasteiger partial charge in [0.1, 0.15) is 12.4 Å². The summed E-state index contributed by atoms with van der Waals surface area (Å²) < 4.78 is 15.0. The molecule has 148 valence electrons. The molecule has 0 aliphatic rings. The van der Waals surface area contributed by atoms with Crippen molar-refractivity contribution in [1.29, 1.82) is 0 Å². The Morgan fingerprint density at radius 1 is 0.920 bits per heavy atom. The minimum absolute atomic E-state index is 0.0203. The Labute approximate surface area is 171 Å². The SMILES string of the molecule is CC(C)(C)[Si](C)(C)O[C@H](C/C=C/I)C[C@H](C=O)O[Si](C)(C)C(C)(C)C. The molecule has 2 atom stereocenters. The minimum Gasteiger partial charge on any atom is -0.414 e. The van der Waals surface area contributed by atoms with Crippen LogP contribution >= 0.6 is 22.6 Å². The van der Waals surface area contributed by atoms with E-state index in [-0.39, 0.29) is 16.2 Å². The maximum absolute atomic E-state index is 11.7. The molecule has 0 N–H and O–H groups in total. The van der Waals surface area contributed by atoms with Crippen molar-refractivity contribution in [1.82, 2.24) is 0 Å². The lowest BCUT2D eigenvalue weighted by Crippen LogP contribution is -2.47. The first-order valence-electron chi connectivity index (χ1n) is 9.13. The molecule has 0 unspecified atom stereocenters. The van der Waals surface area contributed by atoms with Gasteiger partial charge in [0.25, 0.3) is 0 Å². The van der Waals surface area contributed by atoms with Crippen LogP contribution in [0.4, 0.5) is 0 Å². The Bertz CT molecular complexity index is 449. The number of rotatable bonds is 9. The molecule has 3 nitrogen and oxygen atoms in total. The smallest absolute Gasteiger partial charge is 0.193 e. The molecule has 25 heavy (non-hydrogen) atoms. The van der Waals surface area contributed by atoms with Crippen molar-refractivity contribution < 1.29 is 13.6 Å². The topological polar surface area (TPSA) is 35.5 Å². The third kappa shape index (κ3) is 8.36. The maximum atomic E-state index is 11.7. The van der Waals surface area contributed by atoms with Gasteiger partial charge in [0.15, 0.2) is 16.6 Å². The second-order valence-corrected chi connectivity index (χ2v) is 20.1. The average Bonchev–Trinajstić information content (AvgIpc) is 2.40. The Morgan fingerprint density at radius 2 is 1.36 bits per heavy atom. The zero-order valence-corrected chi connectivity index (χ0v) is 22.1. The number of halogens is 1. The Balaban J connectivity index is 5.26. The van der Waals surface area contributed by atoms with Crippen molar-refractivity contribution >= 4 is 45.5 Å². The molecule has 0 fully saturated rings. The Kier molecular flexibility index (Phi) is 9.81. The predicted octanol–water partition coefficient (Wildman–Crippen LogP) is 6.70. The lowest BCUT2D eigenvalue weighted by atomic mass is 10.1. The van der Waals surface area contributed by atoms with Crippen molar-refractivity contribution in [2.24, 2.45) is 0 Å². The van der Waals surface area contributed by atoms with Gasteiger partial charge >= 0.3 is 0 Å². The van der Waals surface area contributed by atoms with Crippen LogP contribution in [0, 0.1) is 0 Å². The summed E-state index contributed by atoms with van der Waals surface area (Å²) in [5.41, 5.74) is 0. The largest absolute Gasteiger partial charge is 0.414 e. The normalized spacial score (nSPS) is 16.9. The van der Waals surface area contributed by atoms with Gasteiger partial charge in [-0.3, -0.25) is 0 Å². The fourth-order valence-corrected chi connectivity index (χ4v) is 4.87. The molecule has 0 aromatic heterocycles. The van der Waals surface area contributed by atoms with Crippen LogP contribution in [0.2, 0.25) is 36.3 Å². The van der Waals surface area contributed by atoms with E-state index in [0.717, 1.165) is 12.7 Å². The molecule has 0 aliphatic heterocycles. The zero-order valence-electron chi connectivity index (χ0n) is 17.9. The minimum atomic E-state index is -1.98. The molecule has 0 aliphatic carbocycles. The van der Waals surface area contributed by atoms with Crippen molar-refractivity contribution in [3.05, 3.63) is 10.2 Å². The summed E-state index contributed by atoms with van der Waals surface area (Å²) in [7, 11) is -3.87. The van der Waals surface area contributed by atoms with Gasteiger partial charge in [0.05, 0.1) is 6.10 Å².